The molecule has 2 saturated heterocycles. The number of piperazine rings is 1. The minimum absolute atomic E-state index is 0.0544. The molecular weight excluding hydrogens is 456 g/mol. The van der Waals surface area contributed by atoms with Crippen LogP contribution in [0.15, 0.2) is 48.5 Å². The lowest BCUT2D eigenvalue weighted by Crippen LogP contribution is -2.51. The minimum atomic E-state index is -0.709. The van der Waals surface area contributed by atoms with Gasteiger partial charge in [-0.25, -0.2) is 9.59 Å². The molecule has 4 aliphatic rings. The van der Waals surface area contributed by atoms with Crippen molar-refractivity contribution in [3.63, 3.8) is 0 Å². The molecule has 0 radical (unpaired) electrons. The Morgan fingerprint density at radius 2 is 1.56 bits per heavy atom. The van der Waals surface area contributed by atoms with Crippen molar-refractivity contribution in [2.24, 2.45) is 0 Å². The maximum absolute atomic E-state index is 13.7. The number of carbonyl (C=O) groups excluding carboxylic acids is 3. The maximum Gasteiger partial charge on any atom is 0.339 e. The van der Waals surface area contributed by atoms with Gasteiger partial charge in [0.2, 0.25) is 5.91 Å². The molecule has 0 aromatic heterocycles. The second-order valence-electron chi connectivity index (χ2n) is 10.7. The van der Waals surface area contributed by atoms with Crippen LogP contribution in [0.25, 0.3) is 0 Å². The number of anilines is 1. The molecule has 188 valence electrons. The van der Waals surface area contributed by atoms with E-state index in [1.165, 1.54) is 0 Å². The molecule has 3 amide bonds. The molecule has 8 heteroatoms. The molecule has 1 aliphatic carbocycles. The van der Waals surface area contributed by atoms with Crippen LogP contribution in [-0.2, 0) is 20.5 Å². The van der Waals surface area contributed by atoms with E-state index in [1.54, 1.807) is 25.1 Å². The topological polar surface area (TPSA) is 73.4 Å². The number of hydrogen-bond donors (Lipinski definition) is 0. The number of carbonyl (C=O) groups is 3. The Labute approximate surface area is 211 Å². The summed E-state index contributed by atoms with van der Waals surface area (Å²) in [7, 11) is 3.56. The number of fused-ring (bicyclic) bond motifs is 2. The highest BCUT2D eigenvalue weighted by Crippen LogP contribution is 2.52. The lowest BCUT2D eigenvalue weighted by Gasteiger charge is -2.37. The molecule has 1 spiro atoms. The summed E-state index contributed by atoms with van der Waals surface area (Å²) in [5, 5.41) is 0. The van der Waals surface area contributed by atoms with Crippen LogP contribution in [0.5, 0.6) is 0 Å². The number of urea groups is 1. The predicted molar refractivity (Wildman–Crippen MR) is 135 cm³/mol. The summed E-state index contributed by atoms with van der Waals surface area (Å²) in [6.07, 6.45) is 2.32. The second-order valence-corrected chi connectivity index (χ2v) is 10.7. The fraction of sp³-hybridized carbons (Fsp3) is 0.464. The highest BCUT2D eigenvalue weighted by atomic mass is 16.6. The molecule has 6 rings (SSSR count). The van der Waals surface area contributed by atoms with Crippen molar-refractivity contribution in [1.29, 1.82) is 0 Å². The number of likely N-dealkylation sites (tertiary alicyclic amines) is 1. The first kappa shape index (κ1) is 22.9. The molecule has 0 bridgehead atoms. The monoisotopic (exact) mass is 488 g/mol. The van der Waals surface area contributed by atoms with Gasteiger partial charge in [0.1, 0.15) is 0 Å². The lowest BCUT2D eigenvalue weighted by molar-refractivity contribution is -0.134. The van der Waals surface area contributed by atoms with Crippen LogP contribution >= 0.6 is 0 Å². The zero-order valence-corrected chi connectivity index (χ0v) is 20.9. The maximum atomic E-state index is 13.7. The van der Waals surface area contributed by atoms with E-state index >= 15 is 0 Å². The summed E-state index contributed by atoms with van der Waals surface area (Å²) >= 11 is 0. The Balaban J connectivity index is 1.13. The van der Waals surface area contributed by atoms with E-state index in [-0.39, 0.29) is 17.9 Å². The number of benzene rings is 2. The molecule has 1 atom stereocenters. The van der Waals surface area contributed by atoms with Crippen molar-refractivity contribution in [2.45, 2.75) is 30.3 Å². The molecule has 2 aromatic carbocycles. The SMILES string of the molecule is CN(C)C(=O)N1CCN(c2ccc(C3(C(=O)N4CCC5(C4)OC(=O)c4ccccc45)CC3)cc2)CC1. The Morgan fingerprint density at radius 1 is 0.861 bits per heavy atom. The number of esters is 1. The minimum Gasteiger partial charge on any atom is -0.449 e. The van der Waals surface area contributed by atoms with Gasteiger partial charge in [0.15, 0.2) is 5.60 Å². The molecule has 3 fully saturated rings. The lowest BCUT2D eigenvalue weighted by atomic mass is 9.91. The van der Waals surface area contributed by atoms with Crippen molar-refractivity contribution in [3.8, 4) is 0 Å². The van der Waals surface area contributed by atoms with Crippen molar-refractivity contribution >= 4 is 23.6 Å². The van der Waals surface area contributed by atoms with Crippen molar-refractivity contribution in [3.05, 3.63) is 65.2 Å². The largest absolute Gasteiger partial charge is 0.449 e. The van der Waals surface area contributed by atoms with E-state index in [0.717, 1.165) is 42.7 Å². The first-order valence-corrected chi connectivity index (χ1v) is 12.8. The summed E-state index contributed by atoms with van der Waals surface area (Å²) in [6.45, 7) is 4.00. The Kier molecular flexibility index (Phi) is 5.24. The Morgan fingerprint density at radius 3 is 2.22 bits per heavy atom. The molecule has 0 N–H and O–H groups in total. The van der Waals surface area contributed by atoms with Gasteiger partial charge in [0.25, 0.3) is 0 Å². The Hall–Kier alpha value is -3.55. The van der Waals surface area contributed by atoms with Gasteiger partial charge in [0.05, 0.1) is 17.5 Å². The van der Waals surface area contributed by atoms with Gasteiger partial charge < -0.3 is 24.3 Å². The standard InChI is InChI=1S/C28H32N4O4/c1-29(2)26(35)31-17-15-30(16-18-31)21-9-7-20(8-10-21)27(11-12-27)25(34)32-14-13-28(19-32)23-6-4-3-5-22(23)24(33)36-28/h3-10H,11-19H2,1-2H3. The molecule has 8 nitrogen and oxygen atoms in total. The van der Waals surface area contributed by atoms with Crippen LogP contribution < -0.4 is 4.90 Å². The van der Waals surface area contributed by atoms with Crippen LogP contribution in [0.3, 0.4) is 0 Å². The average molecular weight is 489 g/mol. The van der Waals surface area contributed by atoms with E-state index in [4.69, 9.17) is 4.74 Å². The van der Waals surface area contributed by atoms with Crippen molar-refractivity contribution in [1.82, 2.24) is 14.7 Å². The second kappa shape index (κ2) is 8.25. The normalized spacial score (nSPS) is 24.1. The molecule has 3 heterocycles. The van der Waals surface area contributed by atoms with Gasteiger partial charge in [-0.1, -0.05) is 30.3 Å². The van der Waals surface area contributed by atoms with Gasteiger partial charge in [-0.05, 0) is 36.6 Å². The van der Waals surface area contributed by atoms with E-state index in [2.05, 4.69) is 29.2 Å². The number of rotatable bonds is 3. The Bertz CT molecular complexity index is 1210. The van der Waals surface area contributed by atoms with E-state index in [9.17, 15) is 14.4 Å². The van der Waals surface area contributed by atoms with Crippen molar-refractivity contribution < 1.29 is 19.1 Å². The van der Waals surface area contributed by atoms with E-state index in [0.29, 0.717) is 38.2 Å². The summed E-state index contributed by atoms with van der Waals surface area (Å²) in [5.74, 6) is -0.146. The zero-order chi connectivity index (χ0) is 25.1. The molecular formula is C28H32N4O4. The first-order valence-electron chi connectivity index (χ1n) is 12.8. The van der Waals surface area contributed by atoms with Gasteiger partial charge in [-0.15, -0.1) is 0 Å². The molecule has 3 aliphatic heterocycles. The van der Waals surface area contributed by atoms with E-state index < -0.39 is 11.0 Å². The fourth-order valence-corrected chi connectivity index (χ4v) is 6.09. The summed E-state index contributed by atoms with van der Waals surface area (Å²) < 4.78 is 5.85. The van der Waals surface area contributed by atoms with Crippen LogP contribution in [-0.4, -0.2) is 86.0 Å². The number of ether oxygens (including phenoxy) is 1. The number of nitrogens with zero attached hydrogens (tertiary/aromatic N) is 4. The van der Waals surface area contributed by atoms with Crippen LogP contribution in [0.4, 0.5) is 10.5 Å². The van der Waals surface area contributed by atoms with Crippen LogP contribution in [0, 0.1) is 0 Å². The molecule has 1 unspecified atom stereocenters. The fourth-order valence-electron chi connectivity index (χ4n) is 6.09. The van der Waals surface area contributed by atoms with Gasteiger partial charge >= 0.3 is 12.0 Å². The third-order valence-electron chi connectivity index (χ3n) is 8.32. The summed E-state index contributed by atoms with van der Waals surface area (Å²) in [4.78, 5) is 46.1. The van der Waals surface area contributed by atoms with Gasteiger partial charge in [0, 0.05) is 64.5 Å². The summed E-state index contributed by atoms with van der Waals surface area (Å²) in [6, 6.07) is 16.0. The third kappa shape index (κ3) is 3.53. The third-order valence-corrected chi connectivity index (χ3v) is 8.32. The summed E-state index contributed by atoms with van der Waals surface area (Å²) in [5.41, 5.74) is 2.53. The highest BCUT2D eigenvalue weighted by Gasteiger charge is 2.57. The van der Waals surface area contributed by atoms with Crippen LogP contribution in [0.1, 0.15) is 40.7 Å². The van der Waals surface area contributed by atoms with Crippen LogP contribution in [0.2, 0.25) is 0 Å². The van der Waals surface area contributed by atoms with Gasteiger partial charge in [-0.3, -0.25) is 4.79 Å². The van der Waals surface area contributed by atoms with Crippen molar-refractivity contribution in [2.75, 3.05) is 58.3 Å². The first-order chi connectivity index (χ1) is 17.3. The molecule has 36 heavy (non-hydrogen) atoms. The van der Waals surface area contributed by atoms with Gasteiger partial charge in [-0.2, -0.15) is 0 Å². The average Bonchev–Trinajstić information content (AvgIpc) is 3.54. The number of hydrogen-bond acceptors (Lipinski definition) is 5. The smallest absolute Gasteiger partial charge is 0.339 e. The molecule has 1 saturated carbocycles. The zero-order valence-electron chi connectivity index (χ0n) is 20.9. The van der Waals surface area contributed by atoms with E-state index in [1.807, 2.05) is 28.0 Å². The molecule has 2 aromatic rings. The quantitative estimate of drug-likeness (QED) is 0.622. The predicted octanol–water partition coefficient (Wildman–Crippen LogP) is 2.82. The highest BCUT2D eigenvalue weighted by molar-refractivity contribution is 5.96. The number of amides is 3.